The fraction of sp³-hybridized carbons (Fsp3) is 0.278. The Morgan fingerprint density at radius 2 is 1.96 bits per heavy atom. The average Bonchev–Trinajstić information content (AvgIpc) is 3.28. The highest BCUT2D eigenvalue weighted by atomic mass is 16.4. The van der Waals surface area contributed by atoms with Crippen LogP contribution in [0.15, 0.2) is 42.7 Å². The molecule has 1 aliphatic heterocycles. The van der Waals surface area contributed by atoms with E-state index in [1.807, 2.05) is 35.2 Å². The number of aromatic carboxylic acids is 1. The summed E-state index contributed by atoms with van der Waals surface area (Å²) in [6.07, 6.45) is 4.44. The molecule has 3 aromatic rings. The van der Waals surface area contributed by atoms with Gasteiger partial charge < -0.3 is 15.0 Å². The summed E-state index contributed by atoms with van der Waals surface area (Å²) in [7, 11) is 0. The first-order chi connectivity index (χ1) is 12.1. The highest BCUT2D eigenvalue weighted by molar-refractivity contribution is 5.98. The van der Waals surface area contributed by atoms with Crippen LogP contribution in [0.1, 0.15) is 39.7 Å². The Morgan fingerprint density at radius 1 is 1.20 bits per heavy atom. The number of carbonyl (C=O) groups is 2. The number of carboxylic acids is 1. The number of nitrogens with zero attached hydrogens (tertiary/aromatic N) is 3. The maximum atomic E-state index is 12.7. The number of nitrogens with one attached hydrogen (secondary N) is 1. The van der Waals surface area contributed by atoms with Crippen LogP contribution in [0.25, 0.3) is 10.9 Å². The number of amides is 1. The molecule has 1 aliphatic rings. The van der Waals surface area contributed by atoms with E-state index in [1.54, 1.807) is 10.9 Å². The number of likely N-dealkylation sites (tertiary alicyclic amines) is 1. The molecule has 4 rings (SSSR count). The predicted octanol–water partition coefficient (Wildman–Crippen LogP) is 2.54. The third-order valence-corrected chi connectivity index (χ3v) is 4.73. The van der Waals surface area contributed by atoms with Crippen molar-refractivity contribution in [1.82, 2.24) is 19.7 Å². The van der Waals surface area contributed by atoms with Crippen molar-refractivity contribution >= 4 is 22.8 Å². The first-order valence-corrected chi connectivity index (χ1v) is 8.26. The largest absolute Gasteiger partial charge is 0.478 e. The molecule has 1 fully saturated rings. The first kappa shape index (κ1) is 15.4. The van der Waals surface area contributed by atoms with Crippen molar-refractivity contribution < 1.29 is 14.7 Å². The molecule has 128 valence electrons. The molecule has 2 aromatic heterocycles. The minimum absolute atomic E-state index is 0.00124. The zero-order valence-corrected chi connectivity index (χ0v) is 13.6. The monoisotopic (exact) mass is 338 g/mol. The number of piperidine rings is 1. The number of carbonyl (C=O) groups excluding carboxylic acids is 1. The van der Waals surface area contributed by atoms with Gasteiger partial charge in [0, 0.05) is 30.2 Å². The minimum atomic E-state index is -0.974. The van der Waals surface area contributed by atoms with Crippen molar-refractivity contribution in [3.63, 3.8) is 0 Å². The average molecular weight is 338 g/mol. The van der Waals surface area contributed by atoms with E-state index in [1.165, 1.54) is 6.20 Å². The van der Waals surface area contributed by atoms with Gasteiger partial charge >= 0.3 is 5.97 Å². The molecule has 1 aromatic carbocycles. The van der Waals surface area contributed by atoms with Gasteiger partial charge in [0.2, 0.25) is 0 Å². The van der Waals surface area contributed by atoms with E-state index in [0.717, 1.165) is 23.7 Å². The van der Waals surface area contributed by atoms with E-state index in [-0.39, 0.29) is 17.5 Å². The van der Waals surface area contributed by atoms with Crippen LogP contribution < -0.4 is 0 Å². The number of fused-ring (bicyclic) bond motifs is 1. The molecular formula is C18H18N4O3. The Balaban J connectivity index is 1.44. The lowest BCUT2D eigenvalue weighted by molar-refractivity contribution is 0.0684. The van der Waals surface area contributed by atoms with Gasteiger partial charge in [-0.05, 0) is 25.0 Å². The molecule has 25 heavy (non-hydrogen) atoms. The second-order valence-electron chi connectivity index (χ2n) is 6.31. The summed E-state index contributed by atoms with van der Waals surface area (Å²) < 4.78 is 1.70. The topological polar surface area (TPSA) is 91.2 Å². The van der Waals surface area contributed by atoms with E-state index in [9.17, 15) is 9.59 Å². The number of aromatic nitrogens is 3. The molecule has 0 aliphatic carbocycles. The predicted molar refractivity (Wildman–Crippen MR) is 91.7 cm³/mol. The molecule has 0 bridgehead atoms. The van der Waals surface area contributed by atoms with Gasteiger partial charge in [-0.3, -0.25) is 9.48 Å². The maximum absolute atomic E-state index is 12.7. The summed E-state index contributed by atoms with van der Waals surface area (Å²) in [5.41, 5.74) is 1.75. The Kier molecular flexibility index (Phi) is 3.76. The Bertz CT molecular complexity index is 902. The van der Waals surface area contributed by atoms with Crippen molar-refractivity contribution in [3.05, 3.63) is 54.0 Å². The second-order valence-corrected chi connectivity index (χ2v) is 6.31. The highest BCUT2D eigenvalue weighted by Crippen LogP contribution is 2.24. The van der Waals surface area contributed by atoms with Crippen molar-refractivity contribution in [3.8, 4) is 0 Å². The fourth-order valence-electron chi connectivity index (χ4n) is 3.34. The summed E-state index contributed by atoms with van der Waals surface area (Å²) in [5, 5.41) is 14.2. The van der Waals surface area contributed by atoms with Crippen molar-refractivity contribution in [2.24, 2.45) is 0 Å². The van der Waals surface area contributed by atoms with Gasteiger partial charge in [0.05, 0.1) is 17.8 Å². The number of carboxylic acid groups (broad SMARTS) is 1. The molecule has 0 atom stereocenters. The maximum Gasteiger partial charge on any atom is 0.338 e. The molecule has 0 unspecified atom stereocenters. The number of H-pyrrole nitrogens is 1. The molecule has 2 N–H and O–H groups in total. The molecule has 3 heterocycles. The molecule has 0 saturated carbocycles. The van der Waals surface area contributed by atoms with Crippen molar-refractivity contribution in [2.45, 2.75) is 18.9 Å². The zero-order chi connectivity index (χ0) is 17.4. The van der Waals surface area contributed by atoms with E-state index in [0.29, 0.717) is 18.8 Å². The van der Waals surface area contributed by atoms with E-state index in [2.05, 4.69) is 10.1 Å². The Morgan fingerprint density at radius 3 is 2.64 bits per heavy atom. The normalized spacial score (nSPS) is 15.6. The third kappa shape index (κ3) is 2.88. The molecule has 7 heteroatoms. The van der Waals surface area contributed by atoms with Crippen molar-refractivity contribution in [2.75, 3.05) is 13.1 Å². The van der Waals surface area contributed by atoms with Crippen LogP contribution in [0.3, 0.4) is 0 Å². The van der Waals surface area contributed by atoms with E-state index in [4.69, 9.17) is 5.11 Å². The van der Waals surface area contributed by atoms with Crippen LogP contribution in [-0.4, -0.2) is 49.7 Å². The SMILES string of the molecule is O=C(O)c1cnn(C2CCN(C(=O)c3cc4ccccc4[nH]3)CC2)c1. The van der Waals surface area contributed by atoms with Crippen LogP contribution in [-0.2, 0) is 0 Å². The Labute approximate surface area is 143 Å². The van der Waals surface area contributed by atoms with Crippen LogP contribution in [0.4, 0.5) is 0 Å². The molecule has 0 spiro atoms. The summed E-state index contributed by atoms with van der Waals surface area (Å²) >= 11 is 0. The molecule has 7 nitrogen and oxygen atoms in total. The molecule has 0 radical (unpaired) electrons. The van der Waals surface area contributed by atoms with Gasteiger partial charge in [-0.1, -0.05) is 18.2 Å². The first-order valence-electron chi connectivity index (χ1n) is 8.26. The zero-order valence-electron chi connectivity index (χ0n) is 13.6. The Hall–Kier alpha value is -3.09. The van der Waals surface area contributed by atoms with Gasteiger partial charge in [0.15, 0.2) is 0 Å². The minimum Gasteiger partial charge on any atom is -0.478 e. The number of aromatic amines is 1. The summed E-state index contributed by atoms with van der Waals surface area (Å²) in [4.78, 5) is 28.7. The number of rotatable bonds is 3. The number of hydrogen-bond donors (Lipinski definition) is 2. The second kappa shape index (κ2) is 6.08. The van der Waals surface area contributed by atoms with E-state index < -0.39 is 5.97 Å². The highest BCUT2D eigenvalue weighted by Gasteiger charge is 2.26. The number of benzene rings is 1. The van der Waals surface area contributed by atoms with Gasteiger partial charge in [-0.2, -0.15) is 5.10 Å². The fourth-order valence-corrected chi connectivity index (χ4v) is 3.34. The smallest absolute Gasteiger partial charge is 0.338 e. The number of para-hydroxylation sites is 1. The molecular weight excluding hydrogens is 320 g/mol. The number of hydrogen-bond acceptors (Lipinski definition) is 3. The standard InChI is InChI=1S/C18H18N4O3/c23-17(16-9-12-3-1-2-4-15(12)20-16)21-7-5-14(6-8-21)22-11-13(10-19-22)18(24)25/h1-4,9-11,14,20H,5-8H2,(H,24,25). The lowest BCUT2D eigenvalue weighted by Crippen LogP contribution is -2.39. The molecule has 1 saturated heterocycles. The van der Waals surface area contributed by atoms with Gasteiger partial charge in [0.25, 0.3) is 5.91 Å². The van der Waals surface area contributed by atoms with E-state index >= 15 is 0 Å². The van der Waals surface area contributed by atoms with Crippen LogP contribution in [0, 0.1) is 0 Å². The quantitative estimate of drug-likeness (QED) is 0.768. The molecule has 1 amide bonds. The summed E-state index contributed by atoms with van der Waals surface area (Å²) in [6.45, 7) is 1.25. The van der Waals surface area contributed by atoms with Gasteiger partial charge in [-0.25, -0.2) is 4.79 Å². The lowest BCUT2D eigenvalue weighted by Gasteiger charge is -2.31. The van der Waals surface area contributed by atoms with Crippen LogP contribution >= 0.6 is 0 Å². The van der Waals surface area contributed by atoms with Crippen LogP contribution in [0.5, 0.6) is 0 Å². The summed E-state index contributed by atoms with van der Waals surface area (Å²) in [6, 6.07) is 9.83. The van der Waals surface area contributed by atoms with Crippen molar-refractivity contribution in [1.29, 1.82) is 0 Å². The third-order valence-electron chi connectivity index (χ3n) is 4.73. The van der Waals surface area contributed by atoms with Crippen LogP contribution in [0.2, 0.25) is 0 Å². The van der Waals surface area contributed by atoms with Gasteiger partial charge in [0.1, 0.15) is 5.69 Å². The van der Waals surface area contributed by atoms with Gasteiger partial charge in [-0.15, -0.1) is 0 Å². The lowest BCUT2D eigenvalue weighted by atomic mass is 10.0. The summed E-state index contributed by atoms with van der Waals surface area (Å²) in [5.74, 6) is -0.973.